The number of ether oxygens (including phenoxy) is 1. The number of aliphatic hydroxyl groups is 1. The summed E-state index contributed by atoms with van der Waals surface area (Å²) in [5.41, 5.74) is 0. The molecule has 0 aromatic rings. The van der Waals surface area contributed by atoms with E-state index in [1.807, 2.05) is 6.08 Å². The molecule has 1 N–H and O–H groups in total. The van der Waals surface area contributed by atoms with Crippen LogP contribution < -0.4 is 0 Å². The third-order valence-electron chi connectivity index (χ3n) is 1.91. The Morgan fingerprint density at radius 1 is 1.82 bits per heavy atom. The van der Waals surface area contributed by atoms with Crippen LogP contribution in [-0.2, 0) is 9.53 Å². The predicted molar refractivity (Wildman–Crippen MR) is 39.9 cm³/mol. The SMILES string of the molecule is COC(=O)C[C@@H]1CC=C[C@H]1O. The van der Waals surface area contributed by atoms with E-state index in [0.29, 0.717) is 6.42 Å². The maximum absolute atomic E-state index is 10.8. The number of carbonyl (C=O) groups is 1. The van der Waals surface area contributed by atoms with Crippen molar-refractivity contribution in [2.75, 3.05) is 7.11 Å². The van der Waals surface area contributed by atoms with E-state index in [-0.39, 0.29) is 11.9 Å². The zero-order valence-corrected chi connectivity index (χ0v) is 6.49. The Bertz CT molecular complexity index is 174. The molecule has 0 heterocycles. The van der Waals surface area contributed by atoms with Crippen molar-refractivity contribution in [1.82, 2.24) is 0 Å². The van der Waals surface area contributed by atoms with Crippen LogP contribution in [-0.4, -0.2) is 24.3 Å². The number of hydrogen-bond acceptors (Lipinski definition) is 3. The zero-order valence-electron chi connectivity index (χ0n) is 6.49. The van der Waals surface area contributed by atoms with Crippen molar-refractivity contribution in [2.24, 2.45) is 5.92 Å². The quantitative estimate of drug-likeness (QED) is 0.467. The Kier molecular flexibility index (Phi) is 2.65. The van der Waals surface area contributed by atoms with Crippen molar-refractivity contribution in [3.05, 3.63) is 12.2 Å². The summed E-state index contributed by atoms with van der Waals surface area (Å²) in [6.07, 6.45) is 4.22. The van der Waals surface area contributed by atoms with Gasteiger partial charge in [-0.1, -0.05) is 12.2 Å². The lowest BCUT2D eigenvalue weighted by molar-refractivity contribution is -0.142. The molecule has 1 aliphatic carbocycles. The van der Waals surface area contributed by atoms with E-state index >= 15 is 0 Å². The van der Waals surface area contributed by atoms with Crippen LogP contribution in [0.2, 0.25) is 0 Å². The Hall–Kier alpha value is -0.830. The fourth-order valence-electron chi connectivity index (χ4n) is 1.19. The van der Waals surface area contributed by atoms with Gasteiger partial charge in [-0.3, -0.25) is 4.79 Å². The minimum atomic E-state index is -0.464. The smallest absolute Gasteiger partial charge is 0.305 e. The average molecular weight is 156 g/mol. The van der Waals surface area contributed by atoms with Gasteiger partial charge in [-0.05, 0) is 6.42 Å². The van der Waals surface area contributed by atoms with Crippen molar-refractivity contribution >= 4 is 5.97 Å². The number of hydrogen-bond donors (Lipinski definition) is 1. The number of allylic oxidation sites excluding steroid dienone is 1. The molecule has 0 bridgehead atoms. The summed E-state index contributed by atoms with van der Waals surface area (Å²) >= 11 is 0. The molecule has 1 aliphatic rings. The molecule has 1 rings (SSSR count). The van der Waals surface area contributed by atoms with E-state index in [0.717, 1.165) is 6.42 Å². The third-order valence-corrected chi connectivity index (χ3v) is 1.91. The van der Waals surface area contributed by atoms with Crippen LogP contribution in [0.5, 0.6) is 0 Å². The molecule has 0 aliphatic heterocycles. The second kappa shape index (κ2) is 3.53. The lowest BCUT2D eigenvalue weighted by atomic mass is 10.0. The highest BCUT2D eigenvalue weighted by atomic mass is 16.5. The highest BCUT2D eigenvalue weighted by Crippen LogP contribution is 2.22. The molecule has 0 spiro atoms. The summed E-state index contributed by atoms with van der Waals surface area (Å²) in [5, 5.41) is 9.24. The Balaban J connectivity index is 2.33. The number of esters is 1. The molecule has 3 heteroatoms. The van der Waals surface area contributed by atoms with Gasteiger partial charge in [-0.15, -0.1) is 0 Å². The predicted octanol–water partition coefficient (Wildman–Crippen LogP) is 0.486. The van der Waals surface area contributed by atoms with Crippen LogP contribution in [0, 0.1) is 5.92 Å². The summed E-state index contributed by atoms with van der Waals surface area (Å²) in [6.45, 7) is 0. The Morgan fingerprint density at radius 2 is 2.55 bits per heavy atom. The van der Waals surface area contributed by atoms with Gasteiger partial charge in [0.1, 0.15) is 0 Å². The summed E-state index contributed by atoms with van der Waals surface area (Å²) in [6, 6.07) is 0. The summed E-state index contributed by atoms with van der Waals surface area (Å²) in [5.74, 6) is -0.222. The van der Waals surface area contributed by atoms with Crippen LogP contribution in [0.15, 0.2) is 12.2 Å². The number of methoxy groups -OCH3 is 1. The van der Waals surface area contributed by atoms with E-state index in [1.165, 1.54) is 7.11 Å². The molecule has 0 amide bonds. The molecule has 62 valence electrons. The molecule has 2 atom stereocenters. The van der Waals surface area contributed by atoms with Crippen LogP contribution in [0.3, 0.4) is 0 Å². The second-order valence-electron chi connectivity index (χ2n) is 2.69. The Labute approximate surface area is 65.7 Å². The van der Waals surface area contributed by atoms with Gasteiger partial charge in [0.15, 0.2) is 0 Å². The van der Waals surface area contributed by atoms with Crippen molar-refractivity contribution < 1.29 is 14.6 Å². The van der Waals surface area contributed by atoms with Crippen LogP contribution >= 0.6 is 0 Å². The molecule has 0 fully saturated rings. The molecule has 3 nitrogen and oxygen atoms in total. The molecule has 0 unspecified atom stereocenters. The first-order valence-electron chi connectivity index (χ1n) is 3.65. The largest absolute Gasteiger partial charge is 0.469 e. The van der Waals surface area contributed by atoms with Gasteiger partial charge in [0.2, 0.25) is 0 Å². The highest BCUT2D eigenvalue weighted by Gasteiger charge is 2.23. The number of aliphatic hydroxyl groups excluding tert-OH is 1. The maximum atomic E-state index is 10.8. The molecular formula is C8H12O3. The van der Waals surface area contributed by atoms with Gasteiger partial charge in [0.25, 0.3) is 0 Å². The van der Waals surface area contributed by atoms with Gasteiger partial charge in [0, 0.05) is 5.92 Å². The van der Waals surface area contributed by atoms with Crippen LogP contribution in [0.4, 0.5) is 0 Å². The van der Waals surface area contributed by atoms with Gasteiger partial charge in [0.05, 0.1) is 19.6 Å². The molecule has 0 saturated heterocycles. The molecule has 11 heavy (non-hydrogen) atoms. The zero-order chi connectivity index (χ0) is 8.27. The molecule has 0 aromatic heterocycles. The second-order valence-corrected chi connectivity index (χ2v) is 2.69. The van der Waals surface area contributed by atoms with Crippen molar-refractivity contribution in [3.63, 3.8) is 0 Å². The van der Waals surface area contributed by atoms with E-state index in [4.69, 9.17) is 0 Å². The summed E-state index contributed by atoms with van der Waals surface area (Å²) in [4.78, 5) is 10.8. The van der Waals surface area contributed by atoms with Crippen LogP contribution in [0.1, 0.15) is 12.8 Å². The number of carbonyl (C=O) groups excluding carboxylic acids is 1. The van der Waals surface area contributed by atoms with E-state index in [9.17, 15) is 9.90 Å². The third kappa shape index (κ3) is 2.05. The van der Waals surface area contributed by atoms with E-state index < -0.39 is 6.10 Å². The highest BCUT2D eigenvalue weighted by molar-refractivity contribution is 5.69. The van der Waals surface area contributed by atoms with E-state index in [1.54, 1.807) is 6.08 Å². The van der Waals surface area contributed by atoms with Crippen LogP contribution in [0.25, 0.3) is 0 Å². The fraction of sp³-hybridized carbons (Fsp3) is 0.625. The van der Waals surface area contributed by atoms with Crippen molar-refractivity contribution in [1.29, 1.82) is 0 Å². The first kappa shape index (κ1) is 8.27. The van der Waals surface area contributed by atoms with Gasteiger partial charge < -0.3 is 9.84 Å². The lowest BCUT2D eigenvalue weighted by Crippen LogP contribution is -2.17. The minimum absolute atomic E-state index is 0.0300. The number of rotatable bonds is 2. The molecule has 0 radical (unpaired) electrons. The molecular weight excluding hydrogens is 144 g/mol. The fourth-order valence-corrected chi connectivity index (χ4v) is 1.19. The van der Waals surface area contributed by atoms with E-state index in [2.05, 4.69) is 4.74 Å². The minimum Gasteiger partial charge on any atom is -0.469 e. The average Bonchev–Trinajstić information content (AvgIpc) is 2.37. The first-order chi connectivity index (χ1) is 5.24. The van der Waals surface area contributed by atoms with Gasteiger partial charge >= 0.3 is 5.97 Å². The first-order valence-corrected chi connectivity index (χ1v) is 3.65. The Morgan fingerprint density at radius 3 is 3.00 bits per heavy atom. The van der Waals surface area contributed by atoms with Crippen molar-refractivity contribution in [2.45, 2.75) is 18.9 Å². The van der Waals surface area contributed by atoms with Gasteiger partial charge in [-0.2, -0.15) is 0 Å². The molecule has 0 aromatic carbocycles. The maximum Gasteiger partial charge on any atom is 0.305 e. The monoisotopic (exact) mass is 156 g/mol. The topological polar surface area (TPSA) is 46.5 Å². The standard InChI is InChI=1S/C8H12O3/c1-11-8(10)5-6-3-2-4-7(6)9/h2,4,6-7,9H,3,5H2,1H3/t6-,7+/m0/s1. The van der Waals surface area contributed by atoms with Gasteiger partial charge in [-0.25, -0.2) is 0 Å². The van der Waals surface area contributed by atoms with Crippen molar-refractivity contribution in [3.8, 4) is 0 Å². The molecule has 0 saturated carbocycles. The summed E-state index contributed by atoms with van der Waals surface area (Å²) in [7, 11) is 1.36. The normalized spacial score (nSPS) is 28.9. The lowest BCUT2D eigenvalue weighted by Gasteiger charge is -2.11. The summed E-state index contributed by atoms with van der Waals surface area (Å²) < 4.78 is 4.48.